The average Bonchev–Trinajstić information content (AvgIpc) is 2.05. The summed E-state index contributed by atoms with van der Waals surface area (Å²) in [5, 5.41) is 0. The van der Waals surface area contributed by atoms with Crippen LogP contribution in [0.25, 0.3) is 6.08 Å². The zero-order valence-corrected chi connectivity index (χ0v) is 10.2. The maximum absolute atomic E-state index is 8.56. The predicted octanol–water partition coefficient (Wildman–Crippen LogP) is -1.22. The van der Waals surface area contributed by atoms with Gasteiger partial charge < -0.3 is 10.5 Å². The molecule has 0 spiro atoms. The van der Waals surface area contributed by atoms with E-state index in [1.165, 1.54) is 5.56 Å². The third kappa shape index (κ3) is 12.0. The molecule has 0 aromatic heterocycles. The monoisotopic (exact) mass is 209 g/mol. The molecule has 68 valence electrons. The van der Waals surface area contributed by atoms with Gasteiger partial charge in [-0.1, -0.05) is 43.0 Å². The molecule has 1 unspecified atom stereocenters. The molecule has 0 saturated carbocycles. The first kappa shape index (κ1) is 15.5. The fraction of sp³-hybridized carbons (Fsp3) is 0. The van der Waals surface area contributed by atoms with Crippen molar-refractivity contribution in [3.63, 3.8) is 0 Å². The summed E-state index contributed by atoms with van der Waals surface area (Å²) in [6.07, 6.45) is 1.83. The summed E-state index contributed by atoms with van der Waals surface area (Å²) in [4.78, 5) is 0. The van der Waals surface area contributed by atoms with E-state index in [2.05, 4.69) is 6.58 Å². The molecule has 0 radical (unpaired) electrons. The quantitative estimate of drug-likeness (QED) is 0.466. The molecular weight excluding hydrogens is 199 g/mol. The summed E-state index contributed by atoms with van der Waals surface area (Å²) < 4.78 is 24.1. The number of hydrogen-bond donors (Lipinski definition) is 1. The molecule has 0 aliphatic carbocycles. The topological polar surface area (TPSA) is 60.4 Å². The minimum absolute atomic E-state index is 0. The summed E-state index contributed by atoms with van der Waals surface area (Å²) in [5.41, 5.74) is 1.17. The third-order valence-corrected chi connectivity index (χ3v) is 1.04. The molecule has 1 aromatic carbocycles. The minimum Gasteiger partial charge on any atom is -1.00 e. The van der Waals surface area contributed by atoms with E-state index in [0.29, 0.717) is 0 Å². The van der Waals surface area contributed by atoms with Gasteiger partial charge >= 0.3 is 29.6 Å². The van der Waals surface area contributed by atoms with Gasteiger partial charge in [0.25, 0.3) is 0 Å². The molecule has 1 N–H and O–H groups in total. The summed E-state index contributed by atoms with van der Waals surface area (Å²) in [7, 11) is 0. The molecule has 13 heavy (non-hydrogen) atoms. The van der Waals surface area contributed by atoms with Crippen LogP contribution in [0.1, 0.15) is 6.99 Å². The molecule has 0 heterocycles. The average molecular weight is 209 g/mol. The zero-order valence-electron chi connectivity index (χ0n) is 8.34. The smallest absolute Gasteiger partial charge is 1.00 e. The molecule has 0 bridgehead atoms. The molecule has 0 fully saturated rings. The van der Waals surface area contributed by atoms with Gasteiger partial charge in [0.2, 0.25) is 0 Å². The van der Waals surface area contributed by atoms with Gasteiger partial charge in [0.15, 0.2) is 0 Å². The zero-order chi connectivity index (χ0) is 9.40. The van der Waals surface area contributed by atoms with Gasteiger partial charge in [0.05, 0.1) is 11.4 Å². The molecule has 0 amide bonds. The second-order valence-corrected chi connectivity index (χ2v) is 2.27. The Kier molecular flexibility index (Phi) is 12.1. The van der Waals surface area contributed by atoms with Crippen LogP contribution in [0.3, 0.4) is 0 Å². The van der Waals surface area contributed by atoms with Crippen LogP contribution in [0, 0.1) is 0 Å². The Morgan fingerprint density at radius 3 is 2.08 bits per heavy atom. The van der Waals surface area contributed by atoms with E-state index in [1.807, 2.05) is 36.4 Å². The van der Waals surface area contributed by atoms with Crippen molar-refractivity contribution in [2.24, 2.45) is 0 Å². The van der Waals surface area contributed by atoms with Crippen LogP contribution >= 0.6 is 0 Å². The molecule has 3 nitrogen and oxygen atoms in total. The van der Waals surface area contributed by atoms with Crippen molar-refractivity contribution in [1.29, 1.82) is 0 Å². The van der Waals surface area contributed by atoms with Crippen LogP contribution in [-0.2, 0) is 11.4 Å². The van der Waals surface area contributed by atoms with Gasteiger partial charge in [-0.25, -0.2) is 4.21 Å². The van der Waals surface area contributed by atoms with Crippen molar-refractivity contribution in [2.75, 3.05) is 0 Å². The van der Waals surface area contributed by atoms with Crippen LogP contribution in [0.2, 0.25) is 0 Å². The Morgan fingerprint density at radius 1 is 1.46 bits per heavy atom. The Labute approximate surface area is 104 Å². The molecular formula is C8H10NaO3S-. The van der Waals surface area contributed by atoms with E-state index in [0.717, 1.165) is 0 Å². The second kappa shape index (κ2) is 10.1. The van der Waals surface area contributed by atoms with Crippen molar-refractivity contribution in [3.05, 3.63) is 42.5 Å². The largest absolute Gasteiger partial charge is 1.00 e. The predicted molar refractivity (Wildman–Crippen MR) is 49.2 cm³/mol. The molecule has 0 aliphatic rings. The van der Waals surface area contributed by atoms with E-state index >= 15 is 0 Å². The second-order valence-electron chi connectivity index (χ2n) is 1.83. The SMILES string of the molecule is C=Cc1ccccc1.O=S([O-])O.[H-].[Na+]. The Bertz CT molecular complexity index is 252. The van der Waals surface area contributed by atoms with Crippen LogP contribution in [0.4, 0.5) is 0 Å². The van der Waals surface area contributed by atoms with Gasteiger partial charge in [-0.2, -0.15) is 0 Å². The molecule has 5 heteroatoms. The number of hydrogen-bond acceptors (Lipinski definition) is 2. The van der Waals surface area contributed by atoms with Crippen molar-refractivity contribution >= 4 is 17.4 Å². The van der Waals surface area contributed by atoms with Crippen LogP contribution in [0.5, 0.6) is 0 Å². The number of rotatable bonds is 1. The third-order valence-electron chi connectivity index (χ3n) is 1.04. The maximum atomic E-state index is 8.56. The van der Waals surface area contributed by atoms with Crippen LogP contribution < -0.4 is 29.6 Å². The van der Waals surface area contributed by atoms with E-state index in [4.69, 9.17) is 13.3 Å². The fourth-order valence-electron chi connectivity index (χ4n) is 0.589. The van der Waals surface area contributed by atoms with Crippen LogP contribution in [0.15, 0.2) is 36.9 Å². The minimum atomic E-state index is -2.86. The van der Waals surface area contributed by atoms with Crippen molar-refractivity contribution in [1.82, 2.24) is 0 Å². The van der Waals surface area contributed by atoms with Crippen LogP contribution in [-0.4, -0.2) is 13.3 Å². The normalized spacial score (nSPS) is 10.0. The van der Waals surface area contributed by atoms with Gasteiger partial charge in [-0.3, -0.25) is 0 Å². The van der Waals surface area contributed by atoms with E-state index in [-0.39, 0.29) is 31.0 Å². The first-order valence-electron chi connectivity index (χ1n) is 3.12. The summed E-state index contributed by atoms with van der Waals surface area (Å²) in [5.74, 6) is 0. The molecule has 1 aromatic rings. The number of benzene rings is 1. The van der Waals surface area contributed by atoms with Gasteiger partial charge in [0.1, 0.15) is 0 Å². The summed E-state index contributed by atoms with van der Waals surface area (Å²) >= 11 is -2.86. The van der Waals surface area contributed by atoms with Gasteiger partial charge in [0, 0.05) is 0 Å². The van der Waals surface area contributed by atoms with Gasteiger partial charge in [-0.05, 0) is 5.56 Å². The van der Waals surface area contributed by atoms with E-state index in [1.54, 1.807) is 0 Å². The Hall–Kier alpha value is 0.0300. The molecule has 1 atom stereocenters. The first-order valence-corrected chi connectivity index (χ1v) is 4.16. The molecule has 0 saturated heterocycles. The fourth-order valence-corrected chi connectivity index (χ4v) is 0.589. The molecule has 1 rings (SSSR count). The summed E-state index contributed by atoms with van der Waals surface area (Å²) in [6.45, 7) is 3.63. The van der Waals surface area contributed by atoms with Gasteiger partial charge in [-0.15, -0.1) is 0 Å². The standard InChI is InChI=1S/C8H8.Na.H2O3S.H/c1-2-8-6-4-3-5-7-8;;1-4(2)3;/h2-7H,1H2;;(H2,1,2,3);/q;+1;;-1/p-1. The Balaban J connectivity index is -0.000000180. The Morgan fingerprint density at radius 2 is 1.85 bits per heavy atom. The molecule has 0 aliphatic heterocycles. The van der Waals surface area contributed by atoms with E-state index in [9.17, 15) is 0 Å². The van der Waals surface area contributed by atoms with Crippen molar-refractivity contribution in [3.8, 4) is 0 Å². The van der Waals surface area contributed by atoms with Crippen molar-refractivity contribution in [2.45, 2.75) is 0 Å². The maximum Gasteiger partial charge on any atom is 1.00 e. The first-order chi connectivity index (χ1) is 5.66. The van der Waals surface area contributed by atoms with Crippen molar-refractivity contribution < 1.29 is 44.3 Å². The van der Waals surface area contributed by atoms with E-state index < -0.39 is 11.4 Å². The summed E-state index contributed by atoms with van der Waals surface area (Å²) in [6, 6.07) is 10.0.